The van der Waals surface area contributed by atoms with Gasteiger partial charge in [-0.15, -0.1) is 11.3 Å². The number of esters is 1. The Balaban J connectivity index is 1.71. The first-order chi connectivity index (χ1) is 10.3. The molecule has 0 saturated carbocycles. The highest BCUT2D eigenvalue weighted by Crippen LogP contribution is 2.23. The number of aromatic nitrogens is 1. The predicted molar refractivity (Wildman–Crippen MR) is 83.0 cm³/mol. The summed E-state index contributed by atoms with van der Waals surface area (Å²) in [6, 6.07) is 8.26. The lowest BCUT2D eigenvalue weighted by Crippen LogP contribution is -2.05. The maximum Gasteiger partial charge on any atom is 0.357 e. The second kappa shape index (κ2) is 6.05. The van der Waals surface area contributed by atoms with Gasteiger partial charge in [-0.05, 0) is 25.3 Å². The maximum atomic E-state index is 11.5. The number of carbonyl (C=O) groups excluding carboxylic acids is 1. The Kier molecular flexibility index (Phi) is 3.96. The maximum absolute atomic E-state index is 11.5. The summed E-state index contributed by atoms with van der Waals surface area (Å²) < 4.78 is 4.91. The first-order valence-electron chi connectivity index (χ1n) is 6.81. The molecule has 0 unspecified atom stereocenters. The normalized spacial score (nSPS) is 15.0. The van der Waals surface area contributed by atoms with Crippen molar-refractivity contribution in [3.63, 3.8) is 0 Å². The average Bonchev–Trinajstić information content (AvgIpc) is 3.12. The van der Waals surface area contributed by atoms with Crippen molar-refractivity contribution in [1.29, 1.82) is 0 Å². The molecule has 3 rings (SSSR count). The number of hydrogen-bond acceptors (Lipinski definition) is 6. The average molecular weight is 301 g/mol. The molecule has 21 heavy (non-hydrogen) atoms. The van der Waals surface area contributed by atoms with E-state index in [1.54, 1.807) is 12.3 Å². The molecule has 0 aliphatic heterocycles. The number of anilines is 1. The van der Waals surface area contributed by atoms with E-state index in [-0.39, 0.29) is 0 Å². The first-order valence-corrected chi connectivity index (χ1v) is 7.69. The van der Waals surface area contributed by atoms with Crippen LogP contribution in [0.3, 0.4) is 0 Å². The van der Waals surface area contributed by atoms with Crippen LogP contribution in [-0.4, -0.2) is 23.3 Å². The van der Waals surface area contributed by atoms with Crippen molar-refractivity contribution in [2.24, 2.45) is 5.10 Å². The van der Waals surface area contributed by atoms with Crippen LogP contribution in [0.1, 0.15) is 35.0 Å². The summed E-state index contributed by atoms with van der Waals surface area (Å²) in [6.45, 7) is 2.12. The number of fused-ring (bicyclic) bond motifs is 1. The minimum absolute atomic E-state index is 0.316. The fourth-order valence-electron chi connectivity index (χ4n) is 2.26. The van der Waals surface area contributed by atoms with Gasteiger partial charge in [-0.3, -0.25) is 5.43 Å². The zero-order valence-corrected chi connectivity index (χ0v) is 12.4. The second-order valence-corrected chi connectivity index (χ2v) is 5.44. The van der Waals surface area contributed by atoms with Gasteiger partial charge in [0.2, 0.25) is 5.13 Å². The van der Waals surface area contributed by atoms with E-state index in [2.05, 4.69) is 27.6 Å². The quantitative estimate of drug-likeness (QED) is 0.696. The molecule has 5 nitrogen and oxygen atoms in total. The number of nitrogens with one attached hydrogen (secondary N) is 1. The largest absolute Gasteiger partial charge is 0.461 e. The smallest absolute Gasteiger partial charge is 0.357 e. The Morgan fingerprint density at radius 2 is 2.29 bits per heavy atom. The van der Waals surface area contributed by atoms with Crippen molar-refractivity contribution < 1.29 is 9.53 Å². The molecule has 0 atom stereocenters. The molecule has 6 heteroatoms. The van der Waals surface area contributed by atoms with Crippen LogP contribution in [0.4, 0.5) is 5.13 Å². The van der Waals surface area contributed by atoms with Crippen LogP contribution in [0.25, 0.3) is 0 Å². The molecule has 108 valence electrons. The van der Waals surface area contributed by atoms with Crippen molar-refractivity contribution in [2.45, 2.75) is 19.8 Å². The molecule has 0 amide bonds. The number of hydrazone groups is 1. The molecule has 0 fully saturated rings. The van der Waals surface area contributed by atoms with Crippen molar-refractivity contribution in [3.8, 4) is 0 Å². The number of benzene rings is 1. The molecule has 1 heterocycles. The zero-order valence-electron chi connectivity index (χ0n) is 11.6. The van der Waals surface area contributed by atoms with Gasteiger partial charge < -0.3 is 4.74 Å². The Morgan fingerprint density at radius 3 is 3.14 bits per heavy atom. The summed E-state index contributed by atoms with van der Waals surface area (Å²) in [5.41, 5.74) is 6.79. The summed E-state index contributed by atoms with van der Waals surface area (Å²) in [5, 5.41) is 6.68. The molecule has 1 aliphatic rings. The van der Waals surface area contributed by atoms with Gasteiger partial charge in [0.15, 0.2) is 5.69 Å². The first kappa shape index (κ1) is 13.8. The van der Waals surface area contributed by atoms with E-state index in [4.69, 9.17) is 4.74 Å². The third-order valence-corrected chi connectivity index (χ3v) is 3.98. The number of rotatable bonds is 4. The van der Waals surface area contributed by atoms with Gasteiger partial charge in [0.05, 0.1) is 12.3 Å². The second-order valence-electron chi connectivity index (χ2n) is 4.59. The van der Waals surface area contributed by atoms with E-state index in [0.717, 1.165) is 18.6 Å². The summed E-state index contributed by atoms with van der Waals surface area (Å²) in [5.74, 6) is -0.402. The minimum Gasteiger partial charge on any atom is -0.461 e. The van der Waals surface area contributed by atoms with Gasteiger partial charge in [0, 0.05) is 10.9 Å². The zero-order chi connectivity index (χ0) is 14.7. The highest BCUT2D eigenvalue weighted by molar-refractivity contribution is 7.13. The predicted octanol–water partition coefficient (Wildman–Crippen LogP) is 3.08. The SMILES string of the molecule is CCOC(=O)c1csc(N/N=C2/CCc3ccccc32)n1. The van der Waals surface area contributed by atoms with Gasteiger partial charge in [-0.1, -0.05) is 24.3 Å². The lowest BCUT2D eigenvalue weighted by Gasteiger charge is -2.00. The minimum atomic E-state index is -0.402. The summed E-state index contributed by atoms with van der Waals surface area (Å²) >= 11 is 1.34. The standard InChI is InChI=1S/C15H15N3O2S/c1-2-20-14(19)13-9-21-15(16-13)18-17-12-8-7-10-5-3-4-6-11(10)12/h3-6,9H,2,7-8H2,1H3,(H,16,18)/b17-12-. The van der Waals surface area contributed by atoms with Crippen LogP contribution < -0.4 is 5.43 Å². The van der Waals surface area contributed by atoms with Crippen molar-refractivity contribution >= 4 is 28.1 Å². The van der Waals surface area contributed by atoms with E-state index < -0.39 is 5.97 Å². The van der Waals surface area contributed by atoms with Gasteiger partial charge >= 0.3 is 5.97 Å². The monoisotopic (exact) mass is 301 g/mol. The Labute approximate surface area is 126 Å². The number of nitrogens with zero attached hydrogens (tertiary/aromatic N) is 2. The van der Waals surface area contributed by atoms with Crippen molar-refractivity contribution in [1.82, 2.24) is 4.98 Å². The number of carbonyl (C=O) groups is 1. The van der Waals surface area contributed by atoms with E-state index in [0.29, 0.717) is 17.4 Å². The molecule has 0 bridgehead atoms. The van der Waals surface area contributed by atoms with Crippen LogP contribution in [0, 0.1) is 0 Å². The molecular weight excluding hydrogens is 286 g/mol. The van der Waals surface area contributed by atoms with Crippen LogP contribution in [-0.2, 0) is 11.2 Å². The van der Waals surface area contributed by atoms with Crippen LogP contribution in [0.15, 0.2) is 34.7 Å². The third kappa shape index (κ3) is 2.95. The summed E-state index contributed by atoms with van der Waals surface area (Å²) in [6.07, 6.45) is 1.94. The molecule has 0 saturated heterocycles. The van der Waals surface area contributed by atoms with Gasteiger partial charge in [-0.25, -0.2) is 9.78 Å². The van der Waals surface area contributed by atoms with Crippen LogP contribution >= 0.6 is 11.3 Å². The third-order valence-electron chi connectivity index (χ3n) is 3.23. The van der Waals surface area contributed by atoms with Crippen molar-refractivity contribution in [3.05, 3.63) is 46.5 Å². The highest BCUT2D eigenvalue weighted by Gasteiger charge is 2.17. The van der Waals surface area contributed by atoms with Gasteiger partial charge in [0.25, 0.3) is 0 Å². The number of aryl methyl sites for hydroxylation is 1. The van der Waals surface area contributed by atoms with Crippen molar-refractivity contribution in [2.75, 3.05) is 12.0 Å². The summed E-state index contributed by atoms with van der Waals surface area (Å²) in [7, 11) is 0. The molecule has 1 aromatic heterocycles. The molecule has 0 spiro atoms. The molecule has 1 aliphatic carbocycles. The molecule has 0 radical (unpaired) electrons. The van der Waals surface area contributed by atoms with Gasteiger partial charge in [-0.2, -0.15) is 5.10 Å². The molecule has 2 aromatic rings. The topological polar surface area (TPSA) is 63.6 Å². The lowest BCUT2D eigenvalue weighted by molar-refractivity contribution is 0.0520. The van der Waals surface area contributed by atoms with Gasteiger partial charge in [0.1, 0.15) is 0 Å². The molecular formula is C15H15N3O2S. The molecule has 1 N–H and O–H groups in total. The highest BCUT2D eigenvalue weighted by atomic mass is 32.1. The Bertz CT molecular complexity index is 694. The summed E-state index contributed by atoms with van der Waals surface area (Å²) in [4.78, 5) is 15.7. The molecule has 1 aromatic carbocycles. The lowest BCUT2D eigenvalue weighted by atomic mass is 10.1. The van der Waals surface area contributed by atoms with Crippen LogP contribution in [0.5, 0.6) is 0 Å². The fourth-order valence-corrected chi connectivity index (χ4v) is 2.88. The Hall–Kier alpha value is -2.21. The number of thiazole rings is 1. The number of ether oxygens (including phenoxy) is 1. The Morgan fingerprint density at radius 1 is 1.43 bits per heavy atom. The van der Waals surface area contributed by atoms with Crippen LogP contribution in [0.2, 0.25) is 0 Å². The van der Waals surface area contributed by atoms with E-state index in [9.17, 15) is 4.79 Å². The van der Waals surface area contributed by atoms with E-state index in [1.165, 1.54) is 22.5 Å². The number of hydrogen-bond donors (Lipinski definition) is 1. The van der Waals surface area contributed by atoms with E-state index in [1.807, 2.05) is 12.1 Å². The fraction of sp³-hybridized carbons (Fsp3) is 0.267. The van der Waals surface area contributed by atoms with E-state index >= 15 is 0 Å².